The van der Waals surface area contributed by atoms with Crippen LogP contribution in [0.1, 0.15) is 34.5 Å². The molecule has 3 rings (SSSR count). The normalized spacial score (nSPS) is 14.7. The Kier molecular flexibility index (Phi) is 2.54. The number of carbonyl (C=O) groups is 1. The van der Waals surface area contributed by atoms with E-state index in [4.69, 9.17) is 4.74 Å². The number of hydrogen-bond donors (Lipinski definition) is 0. The number of Topliss-reactive ketones (excluding diaryl/α,β-unsaturated/α-hetero) is 1. The summed E-state index contributed by atoms with van der Waals surface area (Å²) < 4.78 is 5.56. The van der Waals surface area contributed by atoms with Crippen molar-refractivity contribution in [1.29, 1.82) is 0 Å². The standard InChI is InChI=1S/C15H15NO2/c1-9-5-3-7-11-13(9)15(18-2)10-6-4-8-12(17)14(10)16-11/h3,5,7H,4,6,8H2,1-2H3. The van der Waals surface area contributed by atoms with Crippen LogP contribution in [-0.4, -0.2) is 17.9 Å². The molecule has 0 aliphatic heterocycles. The number of ketones is 1. The second kappa shape index (κ2) is 4.09. The van der Waals surface area contributed by atoms with Crippen LogP contribution in [0.3, 0.4) is 0 Å². The first-order valence-corrected chi connectivity index (χ1v) is 6.21. The quantitative estimate of drug-likeness (QED) is 0.770. The third kappa shape index (κ3) is 1.50. The molecule has 3 nitrogen and oxygen atoms in total. The number of carbonyl (C=O) groups excluding carboxylic acids is 1. The lowest BCUT2D eigenvalue weighted by Crippen LogP contribution is -2.15. The number of pyridine rings is 1. The fourth-order valence-corrected chi connectivity index (χ4v) is 2.72. The van der Waals surface area contributed by atoms with Crippen LogP contribution in [0.15, 0.2) is 18.2 Å². The molecule has 2 aromatic rings. The third-order valence-electron chi connectivity index (χ3n) is 3.57. The summed E-state index contributed by atoms with van der Waals surface area (Å²) in [5.74, 6) is 0.971. The Hall–Kier alpha value is -1.90. The van der Waals surface area contributed by atoms with Gasteiger partial charge in [-0.15, -0.1) is 0 Å². The highest BCUT2D eigenvalue weighted by molar-refractivity contribution is 6.02. The largest absolute Gasteiger partial charge is 0.496 e. The van der Waals surface area contributed by atoms with Gasteiger partial charge in [-0.3, -0.25) is 4.79 Å². The molecule has 0 bridgehead atoms. The van der Waals surface area contributed by atoms with Crippen molar-refractivity contribution in [3.05, 3.63) is 35.0 Å². The maximum atomic E-state index is 12.0. The van der Waals surface area contributed by atoms with Crippen molar-refractivity contribution in [3.63, 3.8) is 0 Å². The minimum absolute atomic E-state index is 0.137. The third-order valence-corrected chi connectivity index (χ3v) is 3.57. The summed E-state index contributed by atoms with van der Waals surface area (Å²) in [7, 11) is 1.67. The van der Waals surface area contributed by atoms with Crippen LogP contribution in [0.4, 0.5) is 0 Å². The summed E-state index contributed by atoms with van der Waals surface area (Å²) in [5.41, 5.74) is 3.57. The molecule has 92 valence electrons. The van der Waals surface area contributed by atoms with E-state index in [-0.39, 0.29) is 5.78 Å². The van der Waals surface area contributed by atoms with Crippen molar-refractivity contribution in [3.8, 4) is 5.75 Å². The monoisotopic (exact) mass is 241 g/mol. The van der Waals surface area contributed by atoms with E-state index in [2.05, 4.69) is 4.98 Å². The smallest absolute Gasteiger partial charge is 0.181 e. The van der Waals surface area contributed by atoms with E-state index >= 15 is 0 Å². The highest BCUT2D eigenvalue weighted by Crippen LogP contribution is 2.36. The summed E-state index contributed by atoms with van der Waals surface area (Å²) in [4.78, 5) is 16.5. The number of aromatic nitrogens is 1. The summed E-state index contributed by atoms with van der Waals surface area (Å²) in [6.07, 6.45) is 2.36. The molecule has 1 aromatic carbocycles. The van der Waals surface area contributed by atoms with Crippen LogP contribution in [0.2, 0.25) is 0 Å². The van der Waals surface area contributed by atoms with Crippen LogP contribution in [0, 0.1) is 6.92 Å². The Morgan fingerprint density at radius 1 is 1.28 bits per heavy atom. The second-order valence-corrected chi connectivity index (χ2v) is 4.72. The molecule has 0 unspecified atom stereocenters. The Balaban J connectivity index is 2.44. The van der Waals surface area contributed by atoms with Crippen LogP contribution >= 0.6 is 0 Å². The molecule has 1 aromatic heterocycles. The lowest BCUT2D eigenvalue weighted by atomic mass is 9.92. The SMILES string of the molecule is COc1c2c(nc3cccc(C)c13)C(=O)CCC2. The van der Waals surface area contributed by atoms with Crippen LogP contribution in [-0.2, 0) is 6.42 Å². The molecule has 3 heteroatoms. The first kappa shape index (κ1) is 11.2. The maximum absolute atomic E-state index is 12.0. The van der Waals surface area contributed by atoms with E-state index in [1.165, 1.54) is 0 Å². The van der Waals surface area contributed by atoms with Gasteiger partial charge in [0.05, 0.1) is 12.6 Å². The number of fused-ring (bicyclic) bond motifs is 2. The molecular formula is C15H15NO2. The van der Waals surface area contributed by atoms with Gasteiger partial charge in [0.25, 0.3) is 0 Å². The Labute approximate surface area is 106 Å². The molecule has 0 fully saturated rings. The number of aryl methyl sites for hydroxylation is 1. The summed E-state index contributed by atoms with van der Waals surface area (Å²) in [6.45, 7) is 2.05. The highest BCUT2D eigenvalue weighted by Gasteiger charge is 2.24. The molecule has 1 aliphatic carbocycles. The van der Waals surface area contributed by atoms with Crippen molar-refractivity contribution in [2.45, 2.75) is 26.2 Å². The number of nitrogens with zero attached hydrogens (tertiary/aromatic N) is 1. The number of hydrogen-bond acceptors (Lipinski definition) is 3. The lowest BCUT2D eigenvalue weighted by molar-refractivity contribution is 0.0967. The maximum Gasteiger partial charge on any atom is 0.181 e. The molecule has 0 amide bonds. The van der Waals surface area contributed by atoms with Crippen molar-refractivity contribution >= 4 is 16.7 Å². The Bertz CT molecular complexity index is 646. The van der Waals surface area contributed by atoms with Gasteiger partial charge in [0.2, 0.25) is 0 Å². The molecule has 0 saturated heterocycles. The number of ether oxygens (including phenoxy) is 1. The van der Waals surface area contributed by atoms with Gasteiger partial charge in [-0.05, 0) is 31.4 Å². The fourth-order valence-electron chi connectivity index (χ4n) is 2.72. The Morgan fingerprint density at radius 3 is 2.89 bits per heavy atom. The van der Waals surface area contributed by atoms with Crippen molar-refractivity contribution in [2.75, 3.05) is 7.11 Å². The molecule has 0 radical (unpaired) electrons. The van der Waals surface area contributed by atoms with Gasteiger partial charge in [0, 0.05) is 17.4 Å². The molecule has 0 saturated carbocycles. The average Bonchev–Trinajstić information content (AvgIpc) is 2.38. The van der Waals surface area contributed by atoms with E-state index in [9.17, 15) is 4.79 Å². The fraction of sp³-hybridized carbons (Fsp3) is 0.333. The molecular weight excluding hydrogens is 226 g/mol. The number of benzene rings is 1. The molecule has 0 atom stereocenters. The van der Waals surface area contributed by atoms with Gasteiger partial charge in [0.1, 0.15) is 11.4 Å². The topological polar surface area (TPSA) is 39.2 Å². The minimum atomic E-state index is 0.137. The lowest BCUT2D eigenvalue weighted by Gasteiger charge is -2.19. The van der Waals surface area contributed by atoms with E-state index in [1.54, 1.807) is 7.11 Å². The first-order chi connectivity index (χ1) is 8.72. The van der Waals surface area contributed by atoms with Gasteiger partial charge < -0.3 is 4.74 Å². The molecule has 0 spiro atoms. The van der Waals surface area contributed by atoms with E-state index < -0.39 is 0 Å². The van der Waals surface area contributed by atoms with E-state index in [0.717, 1.165) is 40.6 Å². The van der Waals surface area contributed by atoms with Crippen molar-refractivity contribution in [1.82, 2.24) is 4.98 Å². The molecule has 1 heterocycles. The summed E-state index contributed by atoms with van der Waals surface area (Å²) in [5, 5.41) is 1.04. The predicted octanol–water partition coefficient (Wildman–Crippen LogP) is 3.07. The van der Waals surface area contributed by atoms with Crippen LogP contribution < -0.4 is 4.74 Å². The van der Waals surface area contributed by atoms with Gasteiger partial charge in [-0.1, -0.05) is 12.1 Å². The molecule has 18 heavy (non-hydrogen) atoms. The number of rotatable bonds is 1. The number of methoxy groups -OCH3 is 1. The van der Waals surface area contributed by atoms with Gasteiger partial charge in [-0.25, -0.2) is 4.98 Å². The van der Waals surface area contributed by atoms with E-state index in [0.29, 0.717) is 12.1 Å². The summed E-state index contributed by atoms with van der Waals surface area (Å²) >= 11 is 0. The van der Waals surface area contributed by atoms with Crippen LogP contribution in [0.25, 0.3) is 10.9 Å². The van der Waals surface area contributed by atoms with E-state index in [1.807, 2.05) is 25.1 Å². The van der Waals surface area contributed by atoms with Gasteiger partial charge >= 0.3 is 0 Å². The van der Waals surface area contributed by atoms with Gasteiger partial charge in [-0.2, -0.15) is 0 Å². The summed E-state index contributed by atoms with van der Waals surface area (Å²) in [6, 6.07) is 5.94. The van der Waals surface area contributed by atoms with Crippen molar-refractivity contribution in [2.24, 2.45) is 0 Å². The first-order valence-electron chi connectivity index (χ1n) is 6.21. The predicted molar refractivity (Wildman–Crippen MR) is 70.3 cm³/mol. The molecule has 0 N–H and O–H groups in total. The highest BCUT2D eigenvalue weighted by atomic mass is 16.5. The van der Waals surface area contributed by atoms with Crippen LogP contribution in [0.5, 0.6) is 5.75 Å². The minimum Gasteiger partial charge on any atom is -0.496 e. The van der Waals surface area contributed by atoms with Crippen molar-refractivity contribution < 1.29 is 9.53 Å². The zero-order valence-electron chi connectivity index (χ0n) is 10.6. The zero-order chi connectivity index (χ0) is 12.7. The molecule has 1 aliphatic rings. The second-order valence-electron chi connectivity index (χ2n) is 4.72. The van der Waals surface area contributed by atoms with Gasteiger partial charge in [0.15, 0.2) is 5.78 Å². The Morgan fingerprint density at radius 2 is 2.11 bits per heavy atom. The zero-order valence-corrected chi connectivity index (χ0v) is 10.6. The average molecular weight is 241 g/mol.